The lowest BCUT2D eigenvalue weighted by molar-refractivity contribution is -0.122. The summed E-state index contributed by atoms with van der Waals surface area (Å²) in [6.45, 7) is 6.63. The van der Waals surface area contributed by atoms with E-state index in [0.717, 1.165) is 21.4 Å². The van der Waals surface area contributed by atoms with E-state index < -0.39 is 17.8 Å². The summed E-state index contributed by atoms with van der Waals surface area (Å²) in [5.74, 6) is -0.425. The summed E-state index contributed by atoms with van der Waals surface area (Å²) in [4.78, 5) is 39.0. The molecule has 2 aromatic carbocycles. The lowest BCUT2D eigenvalue weighted by Crippen LogP contribution is -2.54. The Morgan fingerprint density at radius 3 is 2.44 bits per heavy atom. The van der Waals surface area contributed by atoms with Crippen LogP contribution in [-0.4, -0.2) is 31.1 Å². The maximum atomic E-state index is 13.1. The number of benzene rings is 2. The van der Waals surface area contributed by atoms with E-state index in [0.29, 0.717) is 40.4 Å². The predicted molar refractivity (Wildman–Crippen MR) is 129 cm³/mol. The first-order chi connectivity index (χ1) is 15.3. The first kappa shape index (κ1) is 24.0. The third-order valence-electron chi connectivity index (χ3n) is 4.59. The van der Waals surface area contributed by atoms with Crippen molar-refractivity contribution in [1.29, 1.82) is 0 Å². The van der Waals surface area contributed by atoms with E-state index in [-0.39, 0.29) is 5.57 Å². The number of urea groups is 1. The molecule has 3 rings (SSSR count). The minimum Gasteiger partial charge on any atom is -0.490 e. The number of anilines is 1. The smallest absolute Gasteiger partial charge is 0.335 e. The summed E-state index contributed by atoms with van der Waals surface area (Å²) >= 11 is 6.88. The molecule has 1 aliphatic heterocycles. The molecule has 0 saturated carbocycles. The van der Waals surface area contributed by atoms with Crippen LogP contribution < -0.4 is 19.7 Å². The second-order valence-corrected chi connectivity index (χ2v) is 8.71. The number of hydrogen-bond acceptors (Lipinski definition) is 5. The first-order valence-corrected chi connectivity index (χ1v) is 11.6. The maximum Gasteiger partial charge on any atom is 0.335 e. The van der Waals surface area contributed by atoms with Crippen LogP contribution in [0.3, 0.4) is 0 Å². The number of imide groups is 2. The van der Waals surface area contributed by atoms with Crippen LogP contribution in [0.25, 0.3) is 6.08 Å². The number of halogens is 2. The molecule has 32 heavy (non-hydrogen) atoms. The Morgan fingerprint density at radius 1 is 1.03 bits per heavy atom. The van der Waals surface area contributed by atoms with Gasteiger partial charge in [0.25, 0.3) is 11.8 Å². The molecule has 1 fully saturated rings. The number of amides is 4. The van der Waals surface area contributed by atoms with Crippen LogP contribution >= 0.6 is 31.9 Å². The molecule has 1 N–H and O–H groups in total. The van der Waals surface area contributed by atoms with E-state index >= 15 is 0 Å². The van der Waals surface area contributed by atoms with E-state index in [1.165, 1.54) is 6.08 Å². The van der Waals surface area contributed by atoms with Gasteiger partial charge < -0.3 is 9.47 Å². The van der Waals surface area contributed by atoms with Crippen LogP contribution in [0.1, 0.15) is 31.4 Å². The summed E-state index contributed by atoms with van der Waals surface area (Å²) in [5.41, 5.74) is 1.59. The number of ether oxygens (including phenoxy) is 2. The van der Waals surface area contributed by atoms with Crippen LogP contribution in [0.2, 0.25) is 0 Å². The maximum absolute atomic E-state index is 13.1. The number of hydrogen-bond donors (Lipinski definition) is 1. The zero-order chi connectivity index (χ0) is 23.4. The molecule has 0 radical (unpaired) electrons. The molecule has 0 bridgehead atoms. The van der Waals surface area contributed by atoms with Crippen LogP contribution in [0.4, 0.5) is 10.5 Å². The van der Waals surface area contributed by atoms with Gasteiger partial charge in [0.05, 0.1) is 23.4 Å². The average Bonchev–Trinajstić information content (AvgIpc) is 2.73. The molecule has 7 nitrogen and oxygen atoms in total. The summed E-state index contributed by atoms with van der Waals surface area (Å²) in [6.07, 6.45) is 2.26. The number of carbonyl (C=O) groups is 3. The van der Waals surface area contributed by atoms with Crippen molar-refractivity contribution in [2.45, 2.75) is 27.2 Å². The Kier molecular flexibility index (Phi) is 7.73. The largest absolute Gasteiger partial charge is 0.490 e. The van der Waals surface area contributed by atoms with Gasteiger partial charge >= 0.3 is 6.03 Å². The molecule has 0 aliphatic carbocycles. The lowest BCUT2D eigenvalue weighted by Gasteiger charge is -2.26. The van der Waals surface area contributed by atoms with E-state index in [9.17, 15) is 14.4 Å². The van der Waals surface area contributed by atoms with Crippen LogP contribution in [0, 0.1) is 6.92 Å². The molecule has 0 spiro atoms. The van der Waals surface area contributed by atoms with Crippen molar-refractivity contribution < 1.29 is 23.9 Å². The molecule has 1 heterocycles. The van der Waals surface area contributed by atoms with E-state index in [2.05, 4.69) is 37.2 Å². The number of rotatable bonds is 7. The molecule has 0 aromatic heterocycles. The summed E-state index contributed by atoms with van der Waals surface area (Å²) < 4.78 is 12.9. The Morgan fingerprint density at radius 2 is 1.78 bits per heavy atom. The van der Waals surface area contributed by atoms with Crippen molar-refractivity contribution >= 4 is 61.5 Å². The van der Waals surface area contributed by atoms with Gasteiger partial charge in [-0.25, -0.2) is 9.69 Å². The third-order valence-corrected chi connectivity index (χ3v) is 6.07. The molecule has 0 atom stereocenters. The van der Waals surface area contributed by atoms with Gasteiger partial charge in [-0.1, -0.05) is 22.9 Å². The molecule has 0 unspecified atom stereocenters. The number of carbonyl (C=O) groups excluding carboxylic acids is 3. The zero-order valence-electron chi connectivity index (χ0n) is 17.8. The molecule has 168 valence electrons. The molecular weight excluding hydrogens is 544 g/mol. The van der Waals surface area contributed by atoms with Crippen molar-refractivity contribution in [3.05, 3.63) is 56.0 Å². The molecule has 4 amide bonds. The van der Waals surface area contributed by atoms with Crippen molar-refractivity contribution in [3.63, 3.8) is 0 Å². The Bertz CT molecular complexity index is 1110. The zero-order valence-corrected chi connectivity index (χ0v) is 21.0. The number of nitrogens with one attached hydrogen (secondary N) is 1. The standard InChI is InChI=1S/C23H22Br2N2O5/c1-4-8-32-20-18(25)11-14(12-19(20)31-5-2)10-16-21(28)26-23(30)27(22(16)29)15-6-7-17(24)13(3)9-15/h6-7,9-12H,4-5,8H2,1-3H3,(H,26,28,30)/b16-10-. The monoisotopic (exact) mass is 564 g/mol. The van der Waals surface area contributed by atoms with Gasteiger partial charge in [-0.15, -0.1) is 0 Å². The number of barbiturate groups is 1. The van der Waals surface area contributed by atoms with Gasteiger partial charge in [0.15, 0.2) is 11.5 Å². The van der Waals surface area contributed by atoms with Gasteiger partial charge in [-0.05, 0) is 83.7 Å². The average molecular weight is 566 g/mol. The highest BCUT2D eigenvalue weighted by Gasteiger charge is 2.37. The molecule has 9 heteroatoms. The highest BCUT2D eigenvalue weighted by atomic mass is 79.9. The van der Waals surface area contributed by atoms with Crippen molar-refractivity contribution in [1.82, 2.24) is 5.32 Å². The second kappa shape index (κ2) is 10.3. The molecule has 2 aromatic rings. The van der Waals surface area contributed by atoms with Gasteiger partial charge in [0, 0.05) is 4.47 Å². The Balaban J connectivity index is 2.02. The van der Waals surface area contributed by atoms with Crippen LogP contribution in [0.5, 0.6) is 11.5 Å². The van der Waals surface area contributed by atoms with Crippen LogP contribution in [0.15, 0.2) is 44.9 Å². The van der Waals surface area contributed by atoms with Gasteiger partial charge in [0.2, 0.25) is 0 Å². The van der Waals surface area contributed by atoms with Crippen LogP contribution in [-0.2, 0) is 9.59 Å². The quantitative estimate of drug-likeness (QED) is 0.360. The van der Waals surface area contributed by atoms with E-state index in [1.807, 2.05) is 20.8 Å². The van der Waals surface area contributed by atoms with Crippen molar-refractivity contribution in [2.75, 3.05) is 18.1 Å². The number of aryl methyl sites for hydroxylation is 1. The number of nitrogens with zero attached hydrogens (tertiary/aromatic N) is 1. The predicted octanol–water partition coefficient (Wildman–Crippen LogP) is 5.37. The SMILES string of the molecule is CCCOc1c(Br)cc(/C=C2/C(=O)NC(=O)N(c3ccc(Br)c(C)c3)C2=O)cc1OCC. The summed E-state index contributed by atoms with van der Waals surface area (Å²) in [5, 5.41) is 2.24. The Labute approximate surface area is 203 Å². The Hall–Kier alpha value is -2.65. The molecule has 1 saturated heterocycles. The summed E-state index contributed by atoms with van der Waals surface area (Å²) in [6, 6.07) is 7.69. The van der Waals surface area contributed by atoms with E-state index in [4.69, 9.17) is 9.47 Å². The second-order valence-electron chi connectivity index (χ2n) is 7.00. The fourth-order valence-corrected chi connectivity index (χ4v) is 3.93. The van der Waals surface area contributed by atoms with Crippen molar-refractivity contribution in [3.8, 4) is 11.5 Å². The minimum absolute atomic E-state index is 0.165. The first-order valence-electron chi connectivity index (χ1n) is 10.0. The van der Waals surface area contributed by atoms with Crippen molar-refractivity contribution in [2.24, 2.45) is 0 Å². The van der Waals surface area contributed by atoms with E-state index in [1.54, 1.807) is 30.3 Å². The highest BCUT2D eigenvalue weighted by Crippen LogP contribution is 2.38. The molecule has 1 aliphatic rings. The summed E-state index contributed by atoms with van der Waals surface area (Å²) in [7, 11) is 0. The highest BCUT2D eigenvalue weighted by molar-refractivity contribution is 9.10. The van der Waals surface area contributed by atoms with Gasteiger partial charge in [-0.2, -0.15) is 0 Å². The van der Waals surface area contributed by atoms with Gasteiger partial charge in [-0.3, -0.25) is 14.9 Å². The normalized spacial score (nSPS) is 15.2. The fourth-order valence-electron chi connectivity index (χ4n) is 3.10. The topological polar surface area (TPSA) is 84.9 Å². The lowest BCUT2D eigenvalue weighted by atomic mass is 10.1. The molecular formula is C23H22Br2N2O5. The fraction of sp³-hybridized carbons (Fsp3) is 0.261. The third kappa shape index (κ3) is 5.05. The minimum atomic E-state index is -0.793. The van der Waals surface area contributed by atoms with Gasteiger partial charge in [0.1, 0.15) is 5.57 Å².